The Kier molecular flexibility index (Phi) is 3.20. The molecule has 1 heterocycles. The van der Waals surface area contributed by atoms with Crippen LogP contribution in [0.5, 0.6) is 0 Å². The molecule has 2 aromatic rings. The van der Waals surface area contributed by atoms with E-state index in [1.54, 1.807) is 31.2 Å². The van der Waals surface area contributed by atoms with Gasteiger partial charge in [0.1, 0.15) is 5.76 Å². The molecule has 0 unspecified atom stereocenters. The molecule has 0 bridgehead atoms. The maximum atomic E-state index is 11.9. The standard InChI is InChI=1S/C12H13N3O2/c1-8-5-11(15-17-8)14-12(16)10-4-2-3-9(6-10)7-13/h2-6H,7,13H2,1H3,(H,14,15,16). The minimum Gasteiger partial charge on any atom is -0.360 e. The third-order valence-electron chi connectivity index (χ3n) is 2.29. The summed E-state index contributed by atoms with van der Waals surface area (Å²) in [5, 5.41) is 6.34. The SMILES string of the molecule is Cc1cc(NC(=O)c2cccc(CN)c2)no1. The lowest BCUT2D eigenvalue weighted by atomic mass is 10.1. The van der Waals surface area contributed by atoms with Gasteiger partial charge in [0.2, 0.25) is 0 Å². The van der Waals surface area contributed by atoms with Crippen molar-refractivity contribution < 1.29 is 9.32 Å². The zero-order valence-corrected chi connectivity index (χ0v) is 9.43. The van der Waals surface area contributed by atoms with Gasteiger partial charge in [0.25, 0.3) is 5.91 Å². The first-order valence-electron chi connectivity index (χ1n) is 5.22. The van der Waals surface area contributed by atoms with Gasteiger partial charge in [0.05, 0.1) is 0 Å². The van der Waals surface area contributed by atoms with Crippen molar-refractivity contribution >= 4 is 11.7 Å². The van der Waals surface area contributed by atoms with Crippen LogP contribution < -0.4 is 11.1 Å². The zero-order valence-electron chi connectivity index (χ0n) is 9.43. The molecular weight excluding hydrogens is 218 g/mol. The number of anilines is 1. The highest BCUT2D eigenvalue weighted by atomic mass is 16.5. The third kappa shape index (κ3) is 2.70. The van der Waals surface area contributed by atoms with Gasteiger partial charge < -0.3 is 15.6 Å². The normalized spacial score (nSPS) is 10.2. The number of aromatic nitrogens is 1. The smallest absolute Gasteiger partial charge is 0.256 e. The number of carbonyl (C=O) groups excluding carboxylic acids is 1. The number of hydrogen-bond donors (Lipinski definition) is 2. The third-order valence-corrected chi connectivity index (χ3v) is 2.29. The Morgan fingerprint density at radius 3 is 2.94 bits per heavy atom. The molecule has 0 radical (unpaired) electrons. The Morgan fingerprint density at radius 1 is 1.47 bits per heavy atom. The van der Waals surface area contributed by atoms with Crippen LogP contribution in [-0.2, 0) is 6.54 Å². The fraction of sp³-hybridized carbons (Fsp3) is 0.167. The maximum absolute atomic E-state index is 11.9. The molecule has 1 amide bonds. The molecule has 0 saturated heterocycles. The highest BCUT2D eigenvalue weighted by molar-refractivity contribution is 6.03. The summed E-state index contributed by atoms with van der Waals surface area (Å²) in [6.45, 7) is 2.17. The lowest BCUT2D eigenvalue weighted by molar-refractivity contribution is 0.102. The molecular formula is C12H13N3O2. The molecule has 0 saturated carbocycles. The van der Waals surface area contributed by atoms with Crippen molar-refractivity contribution in [1.29, 1.82) is 0 Å². The summed E-state index contributed by atoms with van der Waals surface area (Å²) in [4.78, 5) is 11.9. The quantitative estimate of drug-likeness (QED) is 0.842. The van der Waals surface area contributed by atoms with Gasteiger partial charge >= 0.3 is 0 Å². The van der Waals surface area contributed by atoms with E-state index in [0.29, 0.717) is 23.7 Å². The molecule has 0 aliphatic rings. The molecule has 17 heavy (non-hydrogen) atoms. The predicted octanol–water partition coefficient (Wildman–Crippen LogP) is 1.69. The number of benzene rings is 1. The van der Waals surface area contributed by atoms with Crippen molar-refractivity contribution in [2.45, 2.75) is 13.5 Å². The van der Waals surface area contributed by atoms with Crippen molar-refractivity contribution in [1.82, 2.24) is 5.16 Å². The van der Waals surface area contributed by atoms with Crippen LogP contribution in [0.4, 0.5) is 5.82 Å². The molecule has 5 nitrogen and oxygen atoms in total. The summed E-state index contributed by atoms with van der Waals surface area (Å²) in [6.07, 6.45) is 0. The van der Waals surface area contributed by atoms with Gasteiger partial charge in [-0.2, -0.15) is 0 Å². The van der Waals surface area contributed by atoms with Crippen molar-refractivity contribution in [2.75, 3.05) is 5.32 Å². The largest absolute Gasteiger partial charge is 0.360 e. The van der Waals surface area contributed by atoms with Crippen LogP contribution >= 0.6 is 0 Å². The lowest BCUT2D eigenvalue weighted by Crippen LogP contribution is -2.12. The Balaban J connectivity index is 2.14. The molecule has 0 fully saturated rings. The fourth-order valence-corrected chi connectivity index (χ4v) is 1.45. The van der Waals surface area contributed by atoms with E-state index < -0.39 is 0 Å². The average molecular weight is 231 g/mol. The van der Waals surface area contributed by atoms with Crippen molar-refractivity contribution in [3.05, 3.63) is 47.2 Å². The second kappa shape index (κ2) is 4.80. The second-order valence-corrected chi connectivity index (χ2v) is 3.68. The minimum absolute atomic E-state index is 0.228. The number of nitrogens with one attached hydrogen (secondary N) is 1. The number of amides is 1. The number of hydrogen-bond acceptors (Lipinski definition) is 4. The van der Waals surface area contributed by atoms with Crippen LogP contribution in [0.1, 0.15) is 21.7 Å². The first kappa shape index (κ1) is 11.3. The van der Waals surface area contributed by atoms with Crippen LogP contribution in [-0.4, -0.2) is 11.1 Å². The van der Waals surface area contributed by atoms with Gasteiger partial charge in [0, 0.05) is 18.2 Å². The maximum Gasteiger partial charge on any atom is 0.256 e. The van der Waals surface area contributed by atoms with E-state index in [1.807, 2.05) is 6.07 Å². The summed E-state index contributed by atoms with van der Waals surface area (Å²) in [7, 11) is 0. The number of nitrogens with zero attached hydrogens (tertiary/aromatic N) is 1. The van der Waals surface area contributed by atoms with Gasteiger partial charge in [-0.15, -0.1) is 0 Å². The highest BCUT2D eigenvalue weighted by Crippen LogP contribution is 2.10. The number of nitrogens with two attached hydrogens (primary N) is 1. The molecule has 3 N–H and O–H groups in total. The molecule has 0 aliphatic heterocycles. The summed E-state index contributed by atoms with van der Waals surface area (Å²) in [6, 6.07) is 8.80. The number of aryl methyl sites for hydroxylation is 1. The van der Waals surface area contributed by atoms with Crippen molar-refractivity contribution in [2.24, 2.45) is 5.73 Å². The minimum atomic E-state index is -0.228. The molecule has 0 aliphatic carbocycles. The van der Waals surface area contributed by atoms with Crippen molar-refractivity contribution in [3.8, 4) is 0 Å². The first-order chi connectivity index (χ1) is 8.19. The van der Waals surface area contributed by atoms with E-state index in [2.05, 4.69) is 10.5 Å². The second-order valence-electron chi connectivity index (χ2n) is 3.68. The van der Waals surface area contributed by atoms with Crippen molar-refractivity contribution in [3.63, 3.8) is 0 Å². The zero-order chi connectivity index (χ0) is 12.3. The summed E-state index contributed by atoms with van der Waals surface area (Å²) >= 11 is 0. The van der Waals surface area contributed by atoms with Gasteiger partial charge in [-0.25, -0.2) is 0 Å². The van der Waals surface area contributed by atoms with E-state index in [1.165, 1.54) is 0 Å². The van der Waals surface area contributed by atoms with Crippen LogP contribution in [0.2, 0.25) is 0 Å². The molecule has 0 spiro atoms. The van der Waals surface area contributed by atoms with E-state index in [4.69, 9.17) is 10.3 Å². The Morgan fingerprint density at radius 2 is 2.29 bits per heavy atom. The topological polar surface area (TPSA) is 81.2 Å². The van der Waals surface area contributed by atoms with Crippen LogP contribution in [0.25, 0.3) is 0 Å². The van der Waals surface area contributed by atoms with E-state index in [-0.39, 0.29) is 5.91 Å². The lowest BCUT2D eigenvalue weighted by Gasteiger charge is -2.03. The van der Waals surface area contributed by atoms with Gasteiger partial charge in [-0.3, -0.25) is 4.79 Å². The van der Waals surface area contributed by atoms with Crippen LogP contribution in [0.3, 0.4) is 0 Å². The average Bonchev–Trinajstić information content (AvgIpc) is 2.75. The summed E-state index contributed by atoms with van der Waals surface area (Å²) in [5.74, 6) is 0.829. The van der Waals surface area contributed by atoms with E-state index in [9.17, 15) is 4.79 Å². The molecule has 1 aromatic carbocycles. The van der Waals surface area contributed by atoms with Gasteiger partial charge in [0.15, 0.2) is 5.82 Å². The fourth-order valence-electron chi connectivity index (χ4n) is 1.45. The van der Waals surface area contributed by atoms with Crippen LogP contribution in [0, 0.1) is 6.92 Å². The number of rotatable bonds is 3. The molecule has 0 atom stereocenters. The monoisotopic (exact) mass is 231 g/mol. The number of carbonyl (C=O) groups is 1. The summed E-state index contributed by atoms with van der Waals surface area (Å²) in [5.41, 5.74) is 6.98. The molecule has 2 rings (SSSR count). The molecule has 1 aromatic heterocycles. The predicted molar refractivity (Wildman–Crippen MR) is 63.5 cm³/mol. The van der Waals surface area contributed by atoms with E-state index in [0.717, 1.165) is 5.56 Å². The Labute approximate surface area is 98.6 Å². The van der Waals surface area contributed by atoms with E-state index >= 15 is 0 Å². The Bertz CT molecular complexity index is 534. The van der Waals surface area contributed by atoms with Crippen LogP contribution in [0.15, 0.2) is 34.9 Å². The molecule has 88 valence electrons. The summed E-state index contributed by atoms with van der Waals surface area (Å²) < 4.78 is 4.86. The Hall–Kier alpha value is -2.14. The molecule has 5 heteroatoms. The van der Waals surface area contributed by atoms with Gasteiger partial charge in [-0.05, 0) is 24.6 Å². The highest BCUT2D eigenvalue weighted by Gasteiger charge is 2.08. The first-order valence-corrected chi connectivity index (χ1v) is 5.22. The van der Waals surface area contributed by atoms with Gasteiger partial charge in [-0.1, -0.05) is 17.3 Å².